The van der Waals surface area contributed by atoms with Crippen LogP contribution in [-0.4, -0.2) is 18.5 Å². The summed E-state index contributed by atoms with van der Waals surface area (Å²) in [5, 5.41) is 3.93. The molecule has 0 spiro atoms. The molecule has 0 saturated carbocycles. The molecule has 1 rings (SSSR count). The van der Waals surface area contributed by atoms with Crippen LogP contribution in [-0.2, 0) is 10.2 Å². The molecular formula is C15H23Cl3N2O. The first kappa shape index (κ1) is 20.5. The van der Waals surface area contributed by atoms with E-state index in [2.05, 4.69) is 5.32 Å². The molecule has 0 unspecified atom stereocenters. The Labute approximate surface area is 143 Å². The SMILES string of the molecule is CCC(CC)(C(=O)N[C@@H](C)CN)c1ccc(Cl)c(Cl)c1.Cl. The second kappa shape index (κ2) is 8.84. The molecule has 0 fully saturated rings. The zero-order valence-electron chi connectivity index (χ0n) is 12.6. The van der Waals surface area contributed by atoms with E-state index in [1.165, 1.54) is 0 Å². The normalized spacial score (nSPS) is 12.5. The van der Waals surface area contributed by atoms with Crippen LogP contribution in [0.15, 0.2) is 18.2 Å². The number of nitrogens with one attached hydrogen (secondary N) is 1. The van der Waals surface area contributed by atoms with Crippen molar-refractivity contribution in [2.24, 2.45) is 5.73 Å². The largest absolute Gasteiger partial charge is 0.352 e. The van der Waals surface area contributed by atoms with Crippen LogP contribution in [0.2, 0.25) is 10.0 Å². The first-order chi connectivity index (χ1) is 9.41. The molecule has 21 heavy (non-hydrogen) atoms. The molecule has 3 N–H and O–H groups in total. The zero-order valence-corrected chi connectivity index (χ0v) is 14.9. The highest BCUT2D eigenvalue weighted by Gasteiger charge is 2.37. The van der Waals surface area contributed by atoms with Crippen molar-refractivity contribution in [1.82, 2.24) is 5.32 Å². The Morgan fingerprint density at radius 2 is 1.86 bits per heavy atom. The number of amides is 1. The summed E-state index contributed by atoms with van der Waals surface area (Å²) in [6.45, 7) is 6.30. The van der Waals surface area contributed by atoms with Crippen LogP contribution in [0.25, 0.3) is 0 Å². The number of carbonyl (C=O) groups is 1. The molecule has 0 heterocycles. The molecule has 1 atom stereocenters. The van der Waals surface area contributed by atoms with Gasteiger partial charge in [0.15, 0.2) is 0 Å². The van der Waals surface area contributed by atoms with Crippen molar-refractivity contribution >= 4 is 41.5 Å². The van der Waals surface area contributed by atoms with E-state index in [9.17, 15) is 4.79 Å². The van der Waals surface area contributed by atoms with Crippen molar-refractivity contribution < 1.29 is 4.79 Å². The summed E-state index contributed by atoms with van der Waals surface area (Å²) in [6, 6.07) is 5.33. The number of hydrogen-bond donors (Lipinski definition) is 2. The third-order valence-corrected chi connectivity index (χ3v) is 4.58. The van der Waals surface area contributed by atoms with Crippen LogP contribution in [0.4, 0.5) is 0 Å². The van der Waals surface area contributed by atoms with Crippen molar-refractivity contribution in [3.05, 3.63) is 33.8 Å². The van der Waals surface area contributed by atoms with Crippen molar-refractivity contribution in [3.8, 4) is 0 Å². The first-order valence-corrected chi connectivity index (χ1v) is 7.63. The fraction of sp³-hybridized carbons (Fsp3) is 0.533. The molecule has 0 aliphatic carbocycles. The molecule has 0 aromatic heterocycles. The van der Waals surface area contributed by atoms with Crippen molar-refractivity contribution in [2.45, 2.75) is 45.1 Å². The quantitative estimate of drug-likeness (QED) is 0.814. The molecule has 6 heteroatoms. The predicted molar refractivity (Wildman–Crippen MR) is 92.6 cm³/mol. The maximum Gasteiger partial charge on any atom is 0.230 e. The fourth-order valence-electron chi connectivity index (χ4n) is 2.33. The van der Waals surface area contributed by atoms with Crippen LogP contribution < -0.4 is 11.1 Å². The monoisotopic (exact) mass is 352 g/mol. The Morgan fingerprint density at radius 3 is 2.29 bits per heavy atom. The van der Waals surface area contributed by atoms with Gasteiger partial charge in [0.25, 0.3) is 0 Å². The number of rotatable bonds is 6. The Kier molecular flexibility index (Phi) is 8.64. The molecule has 0 aliphatic rings. The van der Waals surface area contributed by atoms with Gasteiger partial charge in [-0.1, -0.05) is 43.1 Å². The fourth-order valence-corrected chi connectivity index (χ4v) is 2.62. The molecule has 0 aliphatic heterocycles. The number of nitrogens with two attached hydrogens (primary N) is 1. The Hall–Kier alpha value is -0.480. The van der Waals surface area contributed by atoms with Gasteiger partial charge in [-0.2, -0.15) is 0 Å². The minimum absolute atomic E-state index is 0. The molecule has 1 amide bonds. The van der Waals surface area contributed by atoms with Gasteiger partial charge in [0.05, 0.1) is 15.5 Å². The lowest BCUT2D eigenvalue weighted by Gasteiger charge is -2.32. The second-order valence-corrected chi connectivity index (χ2v) is 5.84. The van der Waals surface area contributed by atoms with Gasteiger partial charge in [0.1, 0.15) is 0 Å². The van der Waals surface area contributed by atoms with Gasteiger partial charge >= 0.3 is 0 Å². The van der Waals surface area contributed by atoms with Gasteiger partial charge in [-0.3, -0.25) is 4.79 Å². The van der Waals surface area contributed by atoms with Crippen LogP contribution in [0.5, 0.6) is 0 Å². The second-order valence-electron chi connectivity index (χ2n) is 5.03. The average Bonchev–Trinajstić information content (AvgIpc) is 2.44. The molecule has 0 radical (unpaired) electrons. The average molecular weight is 354 g/mol. The first-order valence-electron chi connectivity index (χ1n) is 6.87. The third-order valence-electron chi connectivity index (χ3n) is 3.84. The number of carbonyl (C=O) groups excluding carboxylic acids is 1. The van der Waals surface area contributed by atoms with Crippen LogP contribution in [0, 0.1) is 0 Å². The van der Waals surface area contributed by atoms with Gasteiger partial charge in [-0.15, -0.1) is 12.4 Å². The number of halogens is 3. The molecule has 1 aromatic rings. The summed E-state index contributed by atoms with van der Waals surface area (Å²) >= 11 is 12.0. The van der Waals surface area contributed by atoms with Crippen LogP contribution in [0.3, 0.4) is 0 Å². The Morgan fingerprint density at radius 1 is 1.29 bits per heavy atom. The molecule has 0 bridgehead atoms. The number of hydrogen-bond acceptors (Lipinski definition) is 2. The maximum atomic E-state index is 12.7. The summed E-state index contributed by atoms with van der Waals surface area (Å²) in [6.07, 6.45) is 1.37. The van der Waals surface area contributed by atoms with E-state index >= 15 is 0 Å². The lowest BCUT2D eigenvalue weighted by atomic mass is 9.75. The maximum absolute atomic E-state index is 12.7. The van der Waals surface area contributed by atoms with Gasteiger partial charge in [-0.05, 0) is 37.5 Å². The van der Waals surface area contributed by atoms with Gasteiger partial charge in [-0.25, -0.2) is 0 Å². The zero-order chi connectivity index (χ0) is 15.3. The molecule has 120 valence electrons. The van der Waals surface area contributed by atoms with Crippen molar-refractivity contribution in [3.63, 3.8) is 0 Å². The lowest BCUT2D eigenvalue weighted by molar-refractivity contribution is -0.127. The standard InChI is InChI=1S/C15H22Cl2N2O.ClH/c1-4-15(5-2,14(20)19-10(3)9-18)11-6-7-12(16)13(17)8-11;/h6-8,10H,4-5,9,18H2,1-3H3,(H,19,20);1H/t10-;/m0./s1. The van der Waals surface area contributed by atoms with E-state index < -0.39 is 5.41 Å². The van der Waals surface area contributed by atoms with Gasteiger partial charge < -0.3 is 11.1 Å². The van der Waals surface area contributed by atoms with E-state index in [-0.39, 0.29) is 24.4 Å². The summed E-state index contributed by atoms with van der Waals surface area (Å²) in [5.41, 5.74) is 5.86. The lowest BCUT2D eigenvalue weighted by Crippen LogP contribution is -2.49. The molecule has 0 saturated heterocycles. The molecule has 3 nitrogen and oxygen atoms in total. The minimum Gasteiger partial charge on any atom is -0.352 e. The van der Waals surface area contributed by atoms with Crippen molar-refractivity contribution in [2.75, 3.05) is 6.54 Å². The van der Waals surface area contributed by atoms with E-state index in [4.69, 9.17) is 28.9 Å². The van der Waals surface area contributed by atoms with Crippen LogP contribution >= 0.6 is 35.6 Å². The third kappa shape index (κ3) is 4.49. The highest BCUT2D eigenvalue weighted by atomic mass is 35.5. The van der Waals surface area contributed by atoms with E-state index in [1.54, 1.807) is 12.1 Å². The van der Waals surface area contributed by atoms with Crippen LogP contribution in [0.1, 0.15) is 39.2 Å². The molecular weight excluding hydrogens is 331 g/mol. The van der Waals surface area contributed by atoms with Gasteiger partial charge in [0, 0.05) is 12.6 Å². The predicted octanol–water partition coefficient (Wildman–Crippen LogP) is 3.94. The topological polar surface area (TPSA) is 55.1 Å². The highest BCUT2D eigenvalue weighted by Crippen LogP contribution is 2.35. The van der Waals surface area contributed by atoms with Gasteiger partial charge in [0.2, 0.25) is 5.91 Å². The Bertz CT molecular complexity index is 476. The minimum atomic E-state index is -0.600. The Balaban J connectivity index is 0.00000400. The van der Waals surface area contributed by atoms with E-state index in [0.29, 0.717) is 29.4 Å². The highest BCUT2D eigenvalue weighted by molar-refractivity contribution is 6.42. The number of benzene rings is 1. The van der Waals surface area contributed by atoms with E-state index in [0.717, 1.165) is 5.56 Å². The van der Waals surface area contributed by atoms with E-state index in [1.807, 2.05) is 26.8 Å². The molecule has 1 aromatic carbocycles. The smallest absolute Gasteiger partial charge is 0.230 e. The summed E-state index contributed by atoms with van der Waals surface area (Å²) in [4.78, 5) is 12.7. The van der Waals surface area contributed by atoms with Crippen molar-refractivity contribution in [1.29, 1.82) is 0 Å². The summed E-state index contributed by atoms with van der Waals surface area (Å²) < 4.78 is 0. The summed E-state index contributed by atoms with van der Waals surface area (Å²) in [5.74, 6) is -0.0150. The summed E-state index contributed by atoms with van der Waals surface area (Å²) in [7, 11) is 0.